The van der Waals surface area contributed by atoms with Gasteiger partial charge in [-0.3, -0.25) is 4.79 Å². The van der Waals surface area contributed by atoms with Gasteiger partial charge in [-0.1, -0.05) is 31.2 Å². The summed E-state index contributed by atoms with van der Waals surface area (Å²) in [5.41, 5.74) is 2.13. The van der Waals surface area contributed by atoms with E-state index in [2.05, 4.69) is 11.8 Å². The molecule has 0 N–H and O–H groups in total. The summed E-state index contributed by atoms with van der Waals surface area (Å²) in [7, 11) is 4.06. The number of carbonyl (C=O) groups is 1. The van der Waals surface area contributed by atoms with Gasteiger partial charge in [0.25, 0.3) is 0 Å². The SMILES string of the molecule is CCc1ccc(C(=O)CCCN(C)C)cc1. The summed E-state index contributed by atoms with van der Waals surface area (Å²) in [6.07, 6.45) is 2.60. The first-order valence-corrected chi connectivity index (χ1v) is 5.90. The van der Waals surface area contributed by atoms with Crippen LogP contribution < -0.4 is 0 Å². The zero-order valence-corrected chi connectivity index (χ0v) is 10.5. The molecule has 0 aliphatic rings. The van der Waals surface area contributed by atoms with Crippen LogP contribution in [-0.2, 0) is 6.42 Å². The number of hydrogen-bond acceptors (Lipinski definition) is 2. The van der Waals surface area contributed by atoms with Crippen LogP contribution in [0.4, 0.5) is 0 Å². The molecule has 16 heavy (non-hydrogen) atoms. The Morgan fingerprint density at radius 3 is 2.31 bits per heavy atom. The number of nitrogens with zero attached hydrogens (tertiary/aromatic N) is 1. The lowest BCUT2D eigenvalue weighted by atomic mass is 10.0. The predicted octanol–water partition coefficient (Wildman–Crippen LogP) is 2.77. The number of rotatable bonds is 6. The molecule has 2 heteroatoms. The third-order valence-corrected chi connectivity index (χ3v) is 2.69. The van der Waals surface area contributed by atoms with Crippen LogP contribution in [0.1, 0.15) is 35.7 Å². The van der Waals surface area contributed by atoms with Crippen LogP contribution in [0.2, 0.25) is 0 Å². The van der Waals surface area contributed by atoms with Crippen molar-refractivity contribution in [2.75, 3.05) is 20.6 Å². The summed E-state index contributed by atoms with van der Waals surface area (Å²) >= 11 is 0. The van der Waals surface area contributed by atoms with Crippen LogP contribution in [0.15, 0.2) is 24.3 Å². The van der Waals surface area contributed by atoms with Crippen molar-refractivity contribution in [2.24, 2.45) is 0 Å². The molecule has 0 aromatic heterocycles. The molecule has 0 amide bonds. The fourth-order valence-corrected chi connectivity index (χ4v) is 1.63. The number of aryl methyl sites for hydroxylation is 1. The van der Waals surface area contributed by atoms with E-state index in [1.807, 2.05) is 38.4 Å². The molecule has 1 aromatic carbocycles. The molecule has 1 aromatic rings. The van der Waals surface area contributed by atoms with Crippen molar-refractivity contribution >= 4 is 5.78 Å². The van der Waals surface area contributed by atoms with Gasteiger partial charge in [-0.05, 0) is 39.0 Å². The second-order valence-corrected chi connectivity index (χ2v) is 4.38. The van der Waals surface area contributed by atoms with Gasteiger partial charge in [-0.25, -0.2) is 0 Å². The van der Waals surface area contributed by atoms with Crippen molar-refractivity contribution in [3.8, 4) is 0 Å². The Hall–Kier alpha value is -1.15. The highest BCUT2D eigenvalue weighted by Crippen LogP contribution is 2.08. The lowest BCUT2D eigenvalue weighted by Gasteiger charge is -2.08. The van der Waals surface area contributed by atoms with Gasteiger partial charge in [0.1, 0.15) is 0 Å². The smallest absolute Gasteiger partial charge is 0.162 e. The van der Waals surface area contributed by atoms with Crippen LogP contribution in [-0.4, -0.2) is 31.3 Å². The van der Waals surface area contributed by atoms with Crippen molar-refractivity contribution in [1.29, 1.82) is 0 Å². The fraction of sp³-hybridized carbons (Fsp3) is 0.500. The molecule has 88 valence electrons. The van der Waals surface area contributed by atoms with E-state index in [1.54, 1.807) is 0 Å². The Morgan fingerprint density at radius 2 is 1.81 bits per heavy atom. The molecule has 2 nitrogen and oxygen atoms in total. The third kappa shape index (κ3) is 4.15. The normalized spacial score (nSPS) is 10.8. The van der Waals surface area contributed by atoms with E-state index in [1.165, 1.54) is 5.56 Å². The lowest BCUT2D eigenvalue weighted by molar-refractivity contribution is 0.0977. The highest BCUT2D eigenvalue weighted by Gasteiger charge is 2.05. The summed E-state index contributed by atoms with van der Waals surface area (Å²) in [6, 6.07) is 7.96. The van der Waals surface area contributed by atoms with Crippen molar-refractivity contribution in [1.82, 2.24) is 4.90 Å². The first-order chi connectivity index (χ1) is 7.63. The topological polar surface area (TPSA) is 20.3 Å². The van der Waals surface area contributed by atoms with E-state index in [0.717, 1.165) is 24.9 Å². The molecule has 0 aliphatic carbocycles. The lowest BCUT2D eigenvalue weighted by Crippen LogP contribution is -2.14. The van der Waals surface area contributed by atoms with E-state index in [-0.39, 0.29) is 5.78 Å². The predicted molar refractivity (Wildman–Crippen MR) is 67.9 cm³/mol. The molecule has 0 aliphatic heterocycles. The van der Waals surface area contributed by atoms with Crippen LogP contribution in [0, 0.1) is 0 Å². The van der Waals surface area contributed by atoms with E-state index in [0.29, 0.717) is 6.42 Å². The van der Waals surface area contributed by atoms with Gasteiger partial charge in [-0.2, -0.15) is 0 Å². The summed E-state index contributed by atoms with van der Waals surface area (Å²) in [4.78, 5) is 13.9. The summed E-state index contributed by atoms with van der Waals surface area (Å²) < 4.78 is 0. The molecule has 0 heterocycles. The molecule has 0 spiro atoms. The molecule has 0 saturated heterocycles. The Labute approximate surface area is 98.3 Å². The molecule has 1 rings (SSSR count). The fourth-order valence-electron chi connectivity index (χ4n) is 1.63. The minimum absolute atomic E-state index is 0.254. The first kappa shape index (κ1) is 12.9. The number of Topliss-reactive ketones (excluding diaryl/α,β-unsaturated/α-hetero) is 1. The average Bonchev–Trinajstić information content (AvgIpc) is 2.28. The maximum Gasteiger partial charge on any atom is 0.162 e. The van der Waals surface area contributed by atoms with Crippen molar-refractivity contribution in [3.63, 3.8) is 0 Å². The Balaban J connectivity index is 2.46. The Kier molecular flexibility index (Phi) is 5.20. The maximum atomic E-state index is 11.8. The molecule has 0 bridgehead atoms. The van der Waals surface area contributed by atoms with Crippen LogP contribution in [0.25, 0.3) is 0 Å². The van der Waals surface area contributed by atoms with Crippen molar-refractivity contribution in [3.05, 3.63) is 35.4 Å². The zero-order chi connectivity index (χ0) is 12.0. The summed E-state index contributed by atoms with van der Waals surface area (Å²) in [5, 5.41) is 0. The molecular formula is C14H21NO. The van der Waals surface area contributed by atoms with Crippen LogP contribution in [0.5, 0.6) is 0 Å². The van der Waals surface area contributed by atoms with Gasteiger partial charge in [-0.15, -0.1) is 0 Å². The van der Waals surface area contributed by atoms with Gasteiger partial charge in [0.05, 0.1) is 0 Å². The average molecular weight is 219 g/mol. The first-order valence-electron chi connectivity index (χ1n) is 5.90. The Bertz CT molecular complexity index is 327. The molecule has 0 fully saturated rings. The number of ketones is 1. The Morgan fingerprint density at radius 1 is 1.19 bits per heavy atom. The highest BCUT2D eigenvalue weighted by molar-refractivity contribution is 5.96. The summed E-state index contributed by atoms with van der Waals surface area (Å²) in [6.45, 7) is 3.09. The van der Waals surface area contributed by atoms with Gasteiger partial charge >= 0.3 is 0 Å². The zero-order valence-electron chi connectivity index (χ0n) is 10.5. The highest BCUT2D eigenvalue weighted by atomic mass is 16.1. The number of carbonyl (C=O) groups excluding carboxylic acids is 1. The molecular weight excluding hydrogens is 198 g/mol. The minimum Gasteiger partial charge on any atom is -0.309 e. The maximum absolute atomic E-state index is 11.8. The second-order valence-electron chi connectivity index (χ2n) is 4.38. The monoisotopic (exact) mass is 219 g/mol. The van der Waals surface area contributed by atoms with E-state index >= 15 is 0 Å². The number of hydrogen-bond donors (Lipinski definition) is 0. The van der Waals surface area contributed by atoms with Crippen molar-refractivity contribution in [2.45, 2.75) is 26.2 Å². The van der Waals surface area contributed by atoms with Gasteiger partial charge < -0.3 is 4.90 Å². The minimum atomic E-state index is 0.254. The van der Waals surface area contributed by atoms with E-state index < -0.39 is 0 Å². The largest absolute Gasteiger partial charge is 0.309 e. The van der Waals surface area contributed by atoms with E-state index in [9.17, 15) is 4.79 Å². The van der Waals surface area contributed by atoms with Gasteiger partial charge in [0.15, 0.2) is 5.78 Å². The number of benzene rings is 1. The second kappa shape index (κ2) is 6.44. The van der Waals surface area contributed by atoms with Crippen LogP contribution >= 0.6 is 0 Å². The molecule has 0 unspecified atom stereocenters. The molecule has 0 atom stereocenters. The quantitative estimate of drug-likeness (QED) is 0.686. The van der Waals surface area contributed by atoms with Gasteiger partial charge in [0.2, 0.25) is 0 Å². The van der Waals surface area contributed by atoms with Crippen molar-refractivity contribution < 1.29 is 4.79 Å². The molecule has 0 saturated carbocycles. The van der Waals surface area contributed by atoms with Crippen LogP contribution in [0.3, 0.4) is 0 Å². The molecule has 0 radical (unpaired) electrons. The van der Waals surface area contributed by atoms with E-state index in [4.69, 9.17) is 0 Å². The third-order valence-electron chi connectivity index (χ3n) is 2.69. The van der Waals surface area contributed by atoms with Gasteiger partial charge in [0, 0.05) is 12.0 Å². The summed E-state index contributed by atoms with van der Waals surface area (Å²) in [5.74, 6) is 0.254. The standard InChI is InChI=1S/C14H21NO/c1-4-12-7-9-13(10-8-12)14(16)6-5-11-15(2)3/h7-10H,4-6,11H2,1-3H3.